The molecule has 0 aliphatic heterocycles. The molecule has 0 aliphatic rings. The average Bonchev–Trinajstić information content (AvgIpc) is 2.53. The molecule has 0 amide bonds. The van der Waals surface area contributed by atoms with E-state index in [1.165, 1.54) is 18.0 Å². The summed E-state index contributed by atoms with van der Waals surface area (Å²) in [5.74, 6) is 0.423. The zero-order valence-electron chi connectivity index (χ0n) is 11.7. The highest BCUT2D eigenvalue weighted by atomic mass is 19.1. The third-order valence-electron chi connectivity index (χ3n) is 3.44. The molecular formula is C16H15FN4. The smallest absolute Gasteiger partial charge is 0.149 e. The highest BCUT2D eigenvalue weighted by Crippen LogP contribution is 2.23. The Bertz CT molecular complexity index is 746. The first kappa shape index (κ1) is 13.4. The number of benzene rings is 1. The lowest BCUT2D eigenvalue weighted by molar-refractivity contribution is 0.636. The monoisotopic (exact) mass is 282 g/mol. The van der Waals surface area contributed by atoms with Crippen molar-refractivity contribution >= 4 is 16.7 Å². The number of anilines is 1. The molecule has 1 aromatic carbocycles. The fourth-order valence-electron chi connectivity index (χ4n) is 2.29. The molecule has 0 fully saturated rings. The Kier molecular flexibility index (Phi) is 3.73. The molecule has 0 bridgehead atoms. The van der Waals surface area contributed by atoms with E-state index in [9.17, 15) is 4.39 Å². The SMILES string of the molecule is CN(CCc1ccncc1)c1ncnc2c(F)cccc12. The van der Waals surface area contributed by atoms with Crippen LogP contribution in [0.15, 0.2) is 49.1 Å². The number of pyridine rings is 1. The van der Waals surface area contributed by atoms with Gasteiger partial charge in [-0.05, 0) is 36.2 Å². The zero-order chi connectivity index (χ0) is 14.7. The van der Waals surface area contributed by atoms with Crippen molar-refractivity contribution < 1.29 is 4.39 Å². The lowest BCUT2D eigenvalue weighted by atomic mass is 10.2. The van der Waals surface area contributed by atoms with E-state index in [1.54, 1.807) is 18.5 Å². The third kappa shape index (κ3) is 2.81. The molecule has 0 unspecified atom stereocenters. The number of aromatic nitrogens is 3. The Hall–Kier alpha value is -2.56. The molecule has 4 nitrogen and oxygen atoms in total. The topological polar surface area (TPSA) is 41.9 Å². The standard InChI is InChI=1S/C16H15FN4/c1-21(10-7-12-5-8-18-9-6-12)16-13-3-2-4-14(17)15(13)19-11-20-16/h2-6,8-9,11H,7,10H2,1H3. The number of hydrogen-bond acceptors (Lipinski definition) is 4. The molecule has 5 heteroatoms. The summed E-state index contributed by atoms with van der Waals surface area (Å²) in [5.41, 5.74) is 1.57. The van der Waals surface area contributed by atoms with Crippen LogP contribution in [0.5, 0.6) is 0 Å². The number of fused-ring (bicyclic) bond motifs is 1. The van der Waals surface area contributed by atoms with Crippen molar-refractivity contribution in [3.05, 3.63) is 60.4 Å². The van der Waals surface area contributed by atoms with Crippen LogP contribution in [-0.2, 0) is 6.42 Å². The van der Waals surface area contributed by atoms with Gasteiger partial charge in [-0.25, -0.2) is 14.4 Å². The van der Waals surface area contributed by atoms with E-state index < -0.39 is 0 Å². The summed E-state index contributed by atoms with van der Waals surface area (Å²) < 4.78 is 13.8. The molecule has 3 rings (SSSR count). The van der Waals surface area contributed by atoms with Crippen molar-refractivity contribution in [3.8, 4) is 0 Å². The quantitative estimate of drug-likeness (QED) is 0.738. The Balaban J connectivity index is 1.85. The first-order valence-electron chi connectivity index (χ1n) is 6.75. The maximum absolute atomic E-state index is 13.8. The van der Waals surface area contributed by atoms with E-state index in [1.807, 2.05) is 30.1 Å². The van der Waals surface area contributed by atoms with E-state index in [0.29, 0.717) is 5.52 Å². The van der Waals surface area contributed by atoms with Gasteiger partial charge >= 0.3 is 0 Å². The Morgan fingerprint density at radius 1 is 1.10 bits per heavy atom. The molecule has 0 saturated heterocycles. The van der Waals surface area contributed by atoms with Gasteiger partial charge in [0.05, 0.1) is 0 Å². The Morgan fingerprint density at radius 2 is 1.90 bits per heavy atom. The van der Waals surface area contributed by atoms with Crippen LogP contribution < -0.4 is 4.90 Å². The summed E-state index contributed by atoms with van der Waals surface area (Å²) >= 11 is 0. The van der Waals surface area contributed by atoms with Gasteiger partial charge < -0.3 is 4.90 Å². The summed E-state index contributed by atoms with van der Waals surface area (Å²) in [6.07, 6.45) is 5.85. The summed E-state index contributed by atoms with van der Waals surface area (Å²) in [6.45, 7) is 0.784. The van der Waals surface area contributed by atoms with Gasteiger partial charge in [-0.2, -0.15) is 0 Å². The highest BCUT2D eigenvalue weighted by Gasteiger charge is 2.10. The molecule has 2 heterocycles. The minimum atomic E-state index is -0.321. The fraction of sp³-hybridized carbons (Fsp3) is 0.188. The van der Waals surface area contributed by atoms with Crippen molar-refractivity contribution in [3.63, 3.8) is 0 Å². The molecule has 2 aromatic heterocycles. The molecule has 0 spiro atoms. The van der Waals surface area contributed by atoms with Crippen molar-refractivity contribution in [2.45, 2.75) is 6.42 Å². The normalized spacial score (nSPS) is 10.8. The van der Waals surface area contributed by atoms with Crippen LogP contribution in [0, 0.1) is 5.82 Å². The lowest BCUT2D eigenvalue weighted by Gasteiger charge is -2.19. The zero-order valence-corrected chi connectivity index (χ0v) is 11.7. The van der Waals surface area contributed by atoms with E-state index in [2.05, 4.69) is 15.0 Å². The van der Waals surface area contributed by atoms with Gasteiger partial charge in [-0.15, -0.1) is 0 Å². The number of nitrogens with zero attached hydrogens (tertiary/aromatic N) is 4. The first-order valence-corrected chi connectivity index (χ1v) is 6.75. The van der Waals surface area contributed by atoms with Crippen LogP contribution in [0.2, 0.25) is 0 Å². The molecule has 0 radical (unpaired) electrons. The Labute approximate surface area is 122 Å². The second kappa shape index (κ2) is 5.83. The number of para-hydroxylation sites is 1. The number of likely N-dealkylation sites (N-methyl/N-ethyl adjacent to an activating group) is 1. The first-order chi connectivity index (χ1) is 10.3. The van der Waals surface area contributed by atoms with Gasteiger partial charge in [0.25, 0.3) is 0 Å². The largest absolute Gasteiger partial charge is 0.359 e. The number of rotatable bonds is 4. The van der Waals surface area contributed by atoms with Crippen LogP contribution in [0.25, 0.3) is 10.9 Å². The maximum Gasteiger partial charge on any atom is 0.149 e. The van der Waals surface area contributed by atoms with Gasteiger partial charge in [0.2, 0.25) is 0 Å². The van der Waals surface area contributed by atoms with Crippen LogP contribution in [0.4, 0.5) is 10.2 Å². The molecule has 106 valence electrons. The highest BCUT2D eigenvalue weighted by molar-refractivity contribution is 5.89. The van der Waals surface area contributed by atoms with Crippen LogP contribution in [0.1, 0.15) is 5.56 Å². The maximum atomic E-state index is 13.8. The molecule has 3 aromatic rings. The number of halogens is 1. The van der Waals surface area contributed by atoms with Gasteiger partial charge in [-0.3, -0.25) is 4.98 Å². The van der Waals surface area contributed by atoms with Gasteiger partial charge in [0.15, 0.2) is 0 Å². The number of hydrogen-bond donors (Lipinski definition) is 0. The van der Waals surface area contributed by atoms with E-state index in [-0.39, 0.29) is 5.82 Å². The third-order valence-corrected chi connectivity index (χ3v) is 3.44. The van der Waals surface area contributed by atoms with Gasteiger partial charge in [-0.1, -0.05) is 6.07 Å². The summed E-state index contributed by atoms with van der Waals surface area (Å²) in [4.78, 5) is 14.3. The molecule has 0 aliphatic carbocycles. The van der Waals surface area contributed by atoms with Crippen molar-refractivity contribution in [1.82, 2.24) is 15.0 Å². The Morgan fingerprint density at radius 3 is 2.71 bits per heavy atom. The fourth-order valence-corrected chi connectivity index (χ4v) is 2.29. The van der Waals surface area contributed by atoms with E-state index in [4.69, 9.17) is 0 Å². The van der Waals surface area contributed by atoms with Crippen LogP contribution >= 0.6 is 0 Å². The van der Waals surface area contributed by atoms with Crippen molar-refractivity contribution in [2.75, 3.05) is 18.5 Å². The van der Waals surface area contributed by atoms with Gasteiger partial charge in [0.1, 0.15) is 23.5 Å². The van der Waals surface area contributed by atoms with Crippen LogP contribution in [0.3, 0.4) is 0 Å². The second-order valence-electron chi connectivity index (χ2n) is 4.86. The van der Waals surface area contributed by atoms with Crippen molar-refractivity contribution in [1.29, 1.82) is 0 Å². The van der Waals surface area contributed by atoms with E-state index >= 15 is 0 Å². The van der Waals surface area contributed by atoms with Crippen molar-refractivity contribution in [2.24, 2.45) is 0 Å². The molecule has 0 saturated carbocycles. The lowest BCUT2D eigenvalue weighted by Crippen LogP contribution is -2.21. The summed E-state index contributed by atoms with van der Waals surface area (Å²) in [5, 5.41) is 0.731. The molecule has 21 heavy (non-hydrogen) atoms. The molecule has 0 atom stereocenters. The second-order valence-corrected chi connectivity index (χ2v) is 4.86. The van der Waals surface area contributed by atoms with E-state index in [0.717, 1.165) is 24.2 Å². The predicted molar refractivity (Wildman–Crippen MR) is 80.7 cm³/mol. The molecule has 0 N–H and O–H groups in total. The summed E-state index contributed by atoms with van der Waals surface area (Å²) in [7, 11) is 1.95. The predicted octanol–water partition coefficient (Wildman–Crippen LogP) is 2.84. The summed E-state index contributed by atoms with van der Waals surface area (Å²) in [6, 6.07) is 8.92. The average molecular weight is 282 g/mol. The van der Waals surface area contributed by atoms with Gasteiger partial charge in [0, 0.05) is 31.4 Å². The minimum absolute atomic E-state index is 0.321. The molecular weight excluding hydrogens is 267 g/mol. The van der Waals surface area contributed by atoms with Crippen LogP contribution in [-0.4, -0.2) is 28.5 Å². The minimum Gasteiger partial charge on any atom is -0.359 e.